The third-order valence-corrected chi connectivity index (χ3v) is 9.88. The SMILES string of the molecule is Brc1c(NC2CC2)nc(C2CC2)nc1N1CCCCCC1.c1c(NC2CC2)nc(C2CC2)nc1N1CCCCCC1. The first kappa shape index (κ1) is 27.7. The number of rotatable bonds is 8. The van der Waals surface area contributed by atoms with E-state index in [0.717, 1.165) is 65.6 Å². The number of halogens is 1. The number of anilines is 4. The van der Waals surface area contributed by atoms with Crippen LogP contribution in [0, 0.1) is 0 Å². The smallest absolute Gasteiger partial charge is 0.148 e. The third-order valence-electron chi connectivity index (χ3n) is 9.15. The van der Waals surface area contributed by atoms with Gasteiger partial charge in [-0.1, -0.05) is 25.7 Å². The fourth-order valence-electron chi connectivity index (χ4n) is 5.93. The van der Waals surface area contributed by atoms with E-state index in [0.29, 0.717) is 23.9 Å². The van der Waals surface area contributed by atoms with Crippen LogP contribution in [0.4, 0.5) is 23.3 Å². The molecule has 4 heterocycles. The van der Waals surface area contributed by atoms with Gasteiger partial charge in [-0.05, 0) is 93.0 Å². The Hall–Kier alpha value is -2.16. The van der Waals surface area contributed by atoms with Gasteiger partial charge >= 0.3 is 0 Å². The molecule has 2 N–H and O–H groups in total. The summed E-state index contributed by atoms with van der Waals surface area (Å²) < 4.78 is 1.07. The predicted molar refractivity (Wildman–Crippen MR) is 170 cm³/mol. The van der Waals surface area contributed by atoms with Crippen molar-refractivity contribution in [2.75, 3.05) is 46.6 Å². The highest BCUT2D eigenvalue weighted by atomic mass is 79.9. The molecule has 0 unspecified atom stereocenters. The molecule has 0 amide bonds. The van der Waals surface area contributed by atoms with Crippen molar-refractivity contribution in [1.82, 2.24) is 19.9 Å². The van der Waals surface area contributed by atoms with E-state index < -0.39 is 0 Å². The van der Waals surface area contributed by atoms with Crippen molar-refractivity contribution in [2.24, 2.45) is 0 Å². The molecule has 2 aromatic rings. The summed E-state index contributed by atoms with van der Waals surface area (Å²) in [7, 11) is 0. The van der Waals surface area contributed by atoms with Crippen molar-refractivity contribution in [3.8, 4) is 0 Å². The normalized spacial score (nSPS) is 23.2. The fourth-order valence-corrected chi connectivity index (χ4v) is 6.48. The van der Waals surface area contributed by atoms with Gasteiger partial charge in [-0.15, -0.1) is 0 Å². The van der Waals surface area contributed by atoms with Gasteiger partial charge < -0.3 is 20.4 Å². The van der Waals surface area contributed by atoms with Crippen molar-refractivity contribution in [3.05, 3.63) is 22.2 Å². The lowest BCUT2D eigenvalue weighted by molar-refractivity contribution is 0.726. The van der Waals surface area contributed by atoms with Crippen molar-refractivity contribution < 1.29 is 0 Å². The standard InChI is InChI=1S/C16H23BrN4.C16H24N4/c17-13-15(18-12-7-8-12)19-14(11-5-6-11)20-16(13)21-9-3-1-2-4-10-21;1-2-4-10-20(9-3-1)15-11-14(17-13-7-8-13)18-16(19-15)12-5-6-12/h11-12H,1-10H2,(H,18,19,20);11-13H,1-10H2,(H,17,18,19). The summed E-state index contributed by atoms with van der Waals surface area (Å²) in [6, 6.07) is 3.46. The summed E-state index contributed by atoms with van der Waals surface area (Å²) in [6.07, 6.45) is 20.8. The molecule has 4 saturated carbocycles. The second-order valence-electron chi connectivity index (χ2n) is 13.2. The molecule has 9 heteroatoms. The van der Waals surface area contributed by atoms with Gasteiger partial charge in [0.15, 0.2) is 0 Å². The summed E-state index contributed by atoms with van der Waals surface area (Å²) in [6.45, 7) is 4.57. The lowest BCUT2D eigenvalue weighted by Gasteiger charge is -2.24. The molecule has 6 fully saturated rings. The van der Waals surface area contributed by atoms with Crippen molar-refractivity contribution in [1.29, 1.82) is 0 Å². The first-order chi connectivity index (χ1) is 20.2. The zero-order valence-electron chi connectivity index (χ0n) is 24.6. The maximum atomic E-state index is 4.92. The zero-order valence-corrected chi connectivity index (χ0v) is 26.2. The number of aromatic nitrogens is 4. The molecule has 0 atom stereocenters. The van der Waals surface area contributed by atoms with Crippen molar-refractivity contribution in [2.45, 2.75) is 127 Å². The Balaban J connectivity index is 0.000000135. The fraction of sp³-hybridized carbons (Fsp3) is 0.750. The first-order valence-electron chi connectivity index (χ1n) is 16.7. The molecule has 2 aliphatic heterocycles. The van der Waals surface area contributed by atoms with E-state index in [-0.39, 0.29) is 0 Å². The molecule has 8 rings (SSSR count). The average molecular weight is 624 g/mol. The highest BCUT2D eigenvalue weighted by molar-refractivity contribution is 9.10. The van der Waals surface area contributed by atoms with E-state index in [1.165, 1.54) is 103 Å². The molecule has 6 aliphatic rings. The monoisotopic (exact) mass is 622 g/mol. The molecular formula is C32H47BrN8. The van der Waals surface area contributed by atoms with Crippen molar-refractivity contribution in [3.63, 3.8) is 0 Å². The van der Waals surface area contributed by atoms with E-state index in [2.05, 4.69) is 42.4 Å². The topological polar surface area (TPSA) is 82.1 Å². The highest BCUT2D eigenvalue weighted by Gasteiger charge is 2.32. The predicted octanol–water partition coefficient (Wildman–Crippen LogP) is 7.38. The maximum absolute atomic E-state index is 4.92. The van der Waals surface area contributed by atoms with Crippen LogP contribution in [0.1, 0.15) is 126 Å². The van der Waals surface area contributed by atoms with Gasteiger partial charge in [-0.2, -0.15) is 0 Å². The van der Waals surface area contributed by atoms with Crippen molar-refractivity contribution >= 4 is 39.2 Å². The van der Waals surface area contributed by atoms with E-state index in [1.807, 2.05) is 0 Å². The van der Waals surface area contributed by atoms with Gasteiger partial charge in [0.2, 0.25) is 0 Å². The van der Waals surface area contributed by atoms with Gasteiger partial charge in [0.25, 0.3) is 0 Å². The molecule has 0 spiro atoms. The van der Waals surface area contributed by atoms with Crippen LogP contribution >= 0.6 is 15.9 Å². The largest absolute Gasteiger partial charge is 0.367 e. The molecule has 222 valence electrons. The number of hydrogen-bond acceptors (Lipinski definition) is 8. The number of nitrogens with zero attached hydrogens (tertiary/aromatic N) is 6. The first-order valence-corrected chi connectivity index (χ1v) is 17.5. The van der Waals surface area contributed by atoms with E-state index in [4.69, 9.17) is 19.9 Å². The van der Waals surface area contributed by atoms with Crippen LogP contribution < -0.4 is 20.4 Å². The summed E-state index contributed by atoms with van der Waals surface area (Å²) >= 11 is 3.77. The van der Waals surface area contributed by atoms with Gasteiger partial charge in [0, 0.05) is 56.2 Å². The maximum Gasteiger partial charge on any atom is 0.148 e. The summed E-state index contributed by atoms with van der Waals surface area (Å²) in [4.78, 5) is 24.3. The Morgan fingerprint density at radius 3 is 1.68 bits per heavy atom. The quantitative estimate of drug-likeness (QED) is 0.315. The lowest BCUT2D eigenvalue weighted by Crippen LogP contribution is -2.26. The Morgan fingerprint density at radius 1 is 0.585 bits per heavy atom. The Labute approximate surface area is 254 Å². The number of hydrogen-bond donors (Lipinski definition) is 2. The van der Waals surface area contributed by atoms with Crippen LogP contribution in [0.3, 0.4) is 0 Å². The molecule has 2 aromatic heterocycles. The molecule has 0 radical (unpaired) electrons. The second-order valence-corrected chi connectivity index (χ2v) is 14.0. The van der Waals surface area contributed by atoms with Crippen LogP contribution in [0.15, 0.2) is 10.5 Å². The minimum atomic E-state index is 0.601. The average Bonchev–Trinajstić information content (AvgIpc) is 3.80. The van der Waals surface area contributed by atoms with E-state index in [1.54, 1.807) is 0 Å². The van der Waals surface area contributed by atoms with E-state index >= 15 is 0 Å². The molecular weight excluding hydrogens is 576 g/mol. The van der Waals surface area contributed by atoms with Gasteiger partial charge in [0.05, 0.1) is 0 Å². The van der Waals surface area contributed by atoms with Crippen LogP contribution in [0.2, 0.25) is 0 Å². The lowest BCUT2D eigenvalue weighted by atomic mass is 10.2. The molecule has 41 heavy (non-hydrogen) atoms. The second kappa shape index (κ2) is 12.6. The van der Waals surface area contributed by atoms with Crippen LogP contribution in [-0.4, -0.2) is 58.2 Å². The van der Waals surface area contributed by atoms with Crippen LogP contribution in [0.5, 0.6) is 0 Å². The number of nitrogens with one attached hydrogen (secondary N) is 2. The Kier molecular flexibility index (Phi) is 8.50. The van der Waals surface area contributed by atoms with Gasteiger partial charge in [-0.25, -0.2) is 19.9 Å². The minimum Gasteiger partial charge on any atom is -0.367 e. The highest BCUT2D eigenvalue weighted by Crippen LogP contribution is 2.43. The van der Waals surface area contributed by atoms with Crippen LogP contribution in [0.25, 0.3) is 0 Å². The zero-order chi connectivity index (χ0) is 27.6. The molecule has 8 nitrogen and oxygen atoms in total. The Bertz CT molecular complexity index is 1170. The van der Waals surface area contributed by atoms with Crippen LogP contribution in [-0.2, 0) is 0 Å². The third kappa shape index (κ3) is 7.63. The van der Waals surface area contributed by atoms with E-state index in [9.17, 15) is 0 Å². The molecule has 2 saturated heterocycles. The molecule has 0 bridgehead atoms. The summed E-state index contributed by atoms with van der Waals surface area (Å²) in [5, 5.41) is 7.13. The minimum absolute atomic E-state index is 0.601. The van der Waals surface area contributed by atoms with Gasteiger partial charge in [0.1, 0.15) is 39.4 Å². The molecule has 0 aromatic carbocycles. The van der Waals surface area contributed by atoms with Gasteiger partial charge in [-0.3, -0.25) is 0 Å². The summed E-state index contributed by atoms with van der Waals surface area (Å²) in [5.41, 5.74) is 0. The Morgan fingerprint density at radius 2 is 1.12 bits per heavy atom. The summed E-state index contributed by atoms with van der Waals surface area (Å²) in [5.74, 6) is 7.72. The molecule has 4 aliphatic carbocycles.